The van der Waals surface area contributed by atoms with Gasteiger partial charge in [0.1, 0.15) is 0 Å². The molecule has 1 aliphatic rings. The van der Waals surface area contributed by atoms with Crippen LogP contribution in [0.15, 0.2) is 58.1 Å². The van der Waals surface area contributed by atoms with Crippen molar-refractivity contribution in [2.24, 2.45) is 4.99 Å². The molecule has 0 saturated carbocycles. The number of carbonyl (C=O) groups is 1. The quantitative estimate of drug-likeness (QED) is 0.666. The van der Waals surface area contributed by atoms with Crippen molar-refractivity contribution < 1.29 is 9.21 Å². The van der Waals surface area contributed by atoms with Crippen LogP contribution in [0.4, 0.5) is 0 Å². The Labute approximate surface area is 160 Å². The second-order valence-corrected chi connectivity index (χ2v) is 7.41. The maximum absolute atomic E-state index is 12.4. The highest BCUT2D eigenvalue weighted by Gasteiger charge is 2.26. The van der Waals surface area contributed by atoms with Gasteiger partial charge in [0, 0.05) is 45.2 Å². The third kappa shape index (κ3) is 4.51. The Kier molecular flexibility index (Phi) is 5.84. The minimum absolute atomic E-state index is 0.00568. The Balaban J connectivity index is 1.54. The molecule has 0 aliphatic carbocycles. The first-order valence-electron chi connectivity index (χ1n) is 9.35. The fourth-order valence-corrected chi connectivity index (χ4v) is 3.30. The number of hydrogen-bond donors (Lipinski definition) is 1. The second-order valence-electron chi connectivity index (χ2n) is 7.41. The van der Waals surface area contributed by atoms with Crippen LogP contribution in [0.3, 0.4) is 0 Å². The van der Waals surface area contributed by atoms with Crippen LogP contribution in [0.2, 0.25) is 0 Å². The lowest BCUT2D eigenvalue weighted by atomic mass is 9.85. The minimum atomic E-state index is -0.0483. The molecule has 1 N–H and O–H groups in total. The summed E-state index contributed by atoms with van der Waals surface area (Å²) in [6.07, 6.45) is 1.53. The Morgan fingerprint density at radius 1 is 1.07 bits per heavy atom. The standard InChI is InChI=1S/C21H28N4O2/c1-21(2,17-8-5-4-6-9-17)16-23-20(22-3)25-13-11-24(12-14-25)19(26)18-10-7-15-27-18/h4-10,15H,11-14,16H2,1-3H3,(H,22,23). The fraction of sp³-hybridized carbons (Fsp3) is 0.429. The van der Waals surface area contributed by atoms with E-state index in [0.717, 1.165) is 25.6 Å². The molecule has 6 heteroatoms. The van der Waals surface area contributed by atoms with Crippen LogP contribution in [-0.4, -0.2) is 61.4 Å². The van der Waals surface area contributed by atoms with E-state index >= 15 is 0 Å². The summed E-state index contributed by atoms with van der Waals surface area (Å²) in [5, 5.41) is 3.50. The van der Waals surface area contributed by atoms with Crippen LogP contribution in [0.25, 0.3) is 0 Å². The summed E-state index contributed by atoms with van der Waals surface area (Å²) < 4.78 is 5.22. The van der Waals surface area contributed by atoms with Crippen LogP contribution in [0.1, 0.15) is 30.0 Å². The maximum atomic E-state index is 12.4. The van der Waals surface area contributed by atoms with E-state index in [9.17, 15) is 4.79 Å². The van der Waals surface area contributed by atoms with Gasteiger partial charge in [0.25, 0.3) is 5.91 Å². The normalized spacial score (nSPS) is 15.7. The summed E-state index contributed by atoms with van der Waals surface area (Å²) in [5.74, 6) is 1.23. The molecule has 1 aliphatic heterocycles. The number of hydrogen-bond acceptors (Lipinski definition) is 3. The van der Waals surface area contributed by atoms with Gasteiger partial charge in [-0.1, -0.05) is 44.2 Å². The van der Waals surface area contributed by atoms with Crippen molar-refractivity contribution in [2.75, 3.05) is 39.8 Å². The second kappa shape index (κ2) is 8.29. The molecular formula is C21H28N4O2. The van der Waals surface area contributed by atoms with Gasteiger partial charge in [-0.15, -0.1) is 0 Å². The van der Waals surface area contributed by atoms with Gasteiger partial charge in [0.15, 0.2) is 11.7 Å². The number of piperazine rings is 1. The van der Waals surface area contributed by atoms with Crippen LogP contribution in [0.5, 0.6) is 0 Å². The van der Waals surface area contributed by atoms with Gasteiger partial charge in [0.2, 0.25) is 0 Å². The molecule has 1 saturated heterocycles. The monoisotopic (exact) mass is 368 g/mol. The van der Waals surface area contributed by atoms with Gasteiger partial charge in [-0.2, -0.15) is 0 Å². The third-order valence-corrected chi connectivity index (χ3v) is 5.05. The van der Waals surface area contributed by atoms with Gasteiger partial charge in [0.05, 0.1) is 6.26 Å². The minimum Gasteiger partial charge on any atom is -0.459 e. The Morgan fingerprint density at radius 3 is 2.33 bits per heavy atom. The summed E-state index contributed by atoms with van der Waals surface area (Å²) >= 11 is 0. The number of benzene rings is 1. The van der Waals surface area contributed by atoms with E-state index in [-0.39, 0.29) is 11.3 Å². The van der Waals surface area contributed by atoms with Crippen LogP contribution < -0.4 is 5.32 Å². The van der Waals surface area contributed by atoms with E-state index in [1.165, 1.54) is 11.8 Å². The molecule has 2 aromatic rings. The van der Waals surface area contributed by atoms with Crippen LogP contribution in [-0.2, 0) is 5.41 Å². The van der Waals surface area contributed by atoms with Crippen molar-refractivity contribution in [1.82, 2.24) is 15.1 Å². The number of guanidine groups is 1. The number of rotatable bonds is 4. The number of furan rings is 1. The first kappa shape index (κ1) is 19.0. The van der Waals surface area contributed by atoms with Crippen LogP contribution >= 0.6 is 0 Å². The van der Waals surface area contributed by atoms with Gasteiger partial charge in [-0.3, -0.25) is 9.79 Å². The molecule has 1 fully saturated rings. The van der Waals surface area contributed by atoms with Crippen molar-refractivity contribution in [3.05, 3.63) is 60.1 Å². The average molecular weight is 368 g/mol. The number of carbonyl (C=O) groups excluding carboxylic acids is 1. The summed E-state index contributed by atoms with van der Waals surface area (Å²) in [6, 6.07) is 13.9. The highest BCUT2D eigenvalue weighted by molar-refractivity contribution is 5.91. The number of nitrogens with one attached hydrogen (secondary N) is 1. The summed E-state index contributed by atoms with van der Waals surface area (Å²) in [4.78, 5) is 20.9. The van der Waals surface area contributed by atoms with Crippen molar-refractivity contribution in [1.29, 1.82) is 0 Å². The molecule has 0 spiro atoms. The zero-order valence-electron chi connectivity index (χ0n) is 16.3. The van der Waals surface area contributed by atoms with Gasteiger partial charge in [-0.05, 0) is 17.7 Å². The highest BCUT2D eigenvalue weighted by Crippen LogP contribution is 2.21. The first-order chi connectivity index (χ1) is 13.0. The van der Waals surface area contributed by atoms with E-state index in [4.69, 9.17) is 4.42 Å². The molecule has 6 nitrogen and oxygen atoms in total. The van der Waals surface area contributed by atoms with Crippen molar-refractivity contribution >= 4 is 11.9 Å². The predicted octanol–water partition coefficient (Wildman–Crippen LogP) is 2.59. The molecular weight excluding hydrogens is 340 g/mol. The van der Waals surface area contributed by atoms with E-state index in [1.54, 1.807) is 19.2 Å². The average Bonchev–Trinajstić information content (AvgIpc) is 3.24. The molecule has 1 aromatic carbocycles. The van der Waals surface area contributed by atoms with Gasteiger partial charge >= 0.3 is 0 Å². The molecule has 27 heavy (non-hydrogen) atoms. The van der Waals surface area contributed by atoms with Gasteiger partial charge in [-0.25, -0.2) is 0 Å². The first-order valence-corrected chi connectivity index (χ1v) is 9.35. The predicted molar refractivity (Wildman–Crippen MR) is 107 cm³/mol. The topological polar surface area (TPSA) is 61.1 Å². The molecule has 1 amide bonds. The number of amides is 1. The van der Waals surface area contributed by atoms with Crippen LogP contribution in [0, 0.1) is 0 Å². The lowest BCUT2D eigenvalue weighted by molar-refractivity contribution is 0.0657. The zero-order chi connectivity index (χ0) is 19.3. The molecule has 0 radical (unpaired) electrons. The number of nitrogens with zero attached hydrogens (tertiary/aromatic N) is 3. The Morgan fingerprint density at radius 2 is 1.74 bits per heavy atom. The largest absolute Gasteiger partial charge is 0.459 e. The molecule has 0 bridgehead atoms. The van der Waals surface area contributed by atoms with Crippen molar-refractivity contribution in [3.8, 4) is 0 Å². The molecule has 2 heterocycles. The number of aliphatic imine (C=N–C) groups is 1. The lowest BCUT2D eigenvalue weighted by Gasteiger charge is -2.37. The smallest absolute Gasteiger partial charge is 0.289 e. The fourth-order valence-electron chi connectivity index (χ4n) is 3.30. The lowest BCUT2D eigenvalue weighted by Crippen LogP contribution is -2.54. The summed E-state index contributed by atoms with van der Waals surface area (Å²) in [6.45, 7) is 8.04. The van der Waals surface area contributed by atoms with Crippen molar-refractivity contribution in [3.63, 3.8) is 0 Å². The zero-order valence-corrected chi connectivity index (χ0v) is 16.3. The molecule has 144 valence electrons. The van der Waals surface area contributed by atoms with E-state index in [1.807, 2.05) is 11.0 Å². The third-order valence-electron chi connectivity index (χ3n) is 5.05. The summed E-state index contributed by atoms with van der Waals surface area (Å²) in [5.41, 5.74) is 1.29. The van der Waals surface area contributed by atoms with Crippen molar-refractivity contribution in [2.45, 2.75) is 19.3 Å². The summed E-state index contributed by atoms with van der Waals surface area (Å²) in [7, 11) is 1.80. The Bertz CT molecular complexity index is 761. The van der Waals surface area contributed by atoms with Gasteiger partial charge < -0.3 is 19.5 Å². The molecule has 0 unspecified atom stereocenters. The molecule has 0 atom stereocenters. The van der Waals surface area contributed by atoms with E-state index in [0.29, 0.717) is 18.8 Å². The highest BCUT2D eigenvalue weighted by atomic mass is 16.3. The molecule has 3 rings (SSSR count). The Hall–Kier alpha value is -2.76. The SMILES string of the molecule is CN=C(NCC(C)(C)c1ccccc1)N1CCN(C(=O)c2ccco2)CC1. The molecule has 1 aromatic heterocycles. The maximum Gasteiger partial charge on any atom is 0.289 e. The van der Waals surface area contributed by atoms with E-state index < -0.39 is 0 Å². The van der Waals surface area contributed by atoms with E-state index in [2.05, 4.69) is 53.3 Å².